The molecule has 3 atom stereocenters. The molecule has 0 bridgehead atoms. The number of nitrogens with zero attached hydrogens (tertiary/aromatic N) is 4. The number of nitro groups is 1. The third kappa shape index (κ3) is 3.84. The van der Waals surface area contributed by atoms with E-state index in [1.807, 2.05) is 25.3 Å². The number of benzene rings is 1. The Balaban J connectivity index is 1.55. The van der Waals surface area contributed by atoms with Gasteiger partial charge < -0.3 is 10.0 Å². The summed E-state index contributed by atoms with van der Waals surface area (Å²) in [6.45, 7) is 4.60. The number of carboxylic acids is 1. The minimum atomic E-state index is -1.16. The number of non-ortho nitro benzene ring substituents is 1. The Morgan fingerprint density at radius 1 is 1.42 bits per heavy atom. The molecule has 2 aromatic heterocycles. The largest absolute Gasteiger partial charge is 0.480 e. The topological polar surface area (TPSA) is 121 Å². The summed E-state index contributed by atoms with van der Waals surface area (Å²) in [7, 11) is 0. The summed E-state index contributed by atoms with van der Waals surface area (Å²) in [5.41, 5.74) is -0.502. The summed E-state index contributed by atoms with van der Waals surface area (Å²) in [4.78, 5) is 35.1. The Bertz CT molecular complexity index is 1140. The molecule has 0 radical (unpaired) electrons. The van der Waals surface area contributed by atoms with Crippen LogP contribution in [0.1, 0.15) is 25.8 Å². The summed E-state index contributed by atoms with van der Waals surface area (Å²) in [5, 5.41) is 27.4. The lowest BCUT2D eigenvalue weighted by Gasteiger charge is -2.48. The third-order valence-electron chi connectivity index (χ3n) is 6.30. The number of carbonyl (C=O) groups is 1. The monoisotopic (exact) mass is 441 g/mol. The molecule has 3 aromatic rings. The molecule has 0 spiro atoms. The molecule has 1 aliphatic heterocycles. The van der Waals surface area contributed by atoms with Crippen LogP contribution in [-0.2, 0) is 11.3 Å². The van der Waals surface area contributed by atoms with Gasteiger partial charge in [0.05, 0.1) is 4.92 Å². The van der Waals surface area contributed by atoms with Crippen molar-refractivity contribution in [1.29, 1.82) is 0 Å². The van der Waals surface area contributed by atoms with Crippen LogP contribution in [0.5, 0.6) is 0 Å². The number of carboxylic acid groups (broad SMARTS) is 1. The fraction of sp³-hybridized carbons (Fsp3) is 0.381. The van der Waals surface area contributed by atoms with Crippen molar-refractivity contribution in [1.82, 2.24) is 15.3 Å². The predicted molar refractivity (Wildman–Crippen MR) is 118 cm³/mol. The molecule has 0 saturated carbocycles. The van der Waals surface area contributed by atoms with Crippen molar-refractivity contribution in [2.75, 3.05) is 11.4 Å². The summed E-state index contributed by atoms with van der Waals surface area (Å²) in [6, 6.07) is 8.09. The van der Waals surface area contributed by atoms with Crippen molar-refractivity contribution in [2.45, 2.75) is 38.4 Å². The number of nitro benzene ring substituents is 1. The van der Waals surface area contributed by atoms with E-state index in [0.717, 1.165) is 10.2 Å². The summed E-state index contributed by atoms with van der Waals surface area (Å²) in [6.07, 6.45) is 2.15. The van der Waals surface area contributed by atoms with Gasteiger partial charge in [0.2, 0.25) is 5.95 Å². The van der Waals surface area contributed by atoms with Crippen molar-refractivity contribution >= 4 is 39.2 Å². The van der Waals surface area contributed by atoms with Gasteiger partial charge in [-0.3, -0.25) is 20.2 Å². The van der Waals surface area contributed by atoms with Crippen molar-refractivity contribution < 1.29 is 14.8 Å². The Kier molecular flexibility index (Phi) is 5.59. The molecule has 3 unspecified atom stereocenters. The van der Waals surface area contributed by atoms with E-state index in [1.54, 1.807) is 29.7 Å². The lowest BCUT2D eigenvalue weighted by molar-refractivity contribution is -0.384. The van der Waals surface area contributed by atoms with Gasteiger partial charge in [-0.1, -0.05) is 19.1 Å². The number of nitrogens with one attached hydrogen (secondary N) is 1. The summed E-state index contributed by atoms with van der Waals surface area (Å²) < 4.78 is 0. The second-order valence-electron chi connectivity index (χ2n) is 7.88. The Morgan fingerprint density at radius 3 is 2.97 bits per heavy atom. The van der Waals surface area contributed by atoms with Crippen LogP contribution < -0.4 is 10.2 Å². The fourth-order valence-corrected chi connectivity index (χ4v) is 4.98. The highest BCUT2D eigenvalue weighted by molar-refractivity contribution is 7.16. The standard InChI is InChI=1S/C21H23N5O4S/c1-13-14(2)25(20-22-12-16-6-9-31-18(16)24-20)8-7-21(13,19(27)28)23-11-15-4-3-5-17(10-15)26(29)30/h3-6,9-10,12-14,23H,7-8,11H2,1-2H3,(H,27,28). The summed E-state index contributed by atoms with van der Waals surface area (Å²) >= 11 is 1.55. The number of thiophene rings is 1. The zero-order valence-electron chi connectivity index (χ0n) is 17.2. The smallest absolute Gasteiger partial charge is 0.324 e. The number of hydrogen-bond acceptors (Lipinski definition) is 8. The second-order valence-corrected chi connectivity index (χ2v) is 8.78. The zero-order valence-corrected chi connectivity index (χ0v) is 18.0. The number of anilines is 1. The van der Waals surface area contributed by atoms with Crippen LogP contribution in [0, 0.1) is 16.0 Å². The SMILES string of the molecule is CC1C(C)C(NCc2cccc([N+](=O)[O-])c2)(C(=O)O)CCN1c1ncc2ccsc2n1. The van der Waals surface area contributed by atoms with Crippen LogP contribution in [0.2, 0.25) is 0 Å². The Hall–Kier alpha value is -3.11. The molecule has 3 heterocycles. The third-order valence-corrected chi connectivity index (χ3v) is 7.12. The van der Waals surface area contributed by atoms with Gasteiger partial charge in [-0.25, -0.2) is 9.97 Å². The Labute approximate surface area is 182 Å². The van der Waals surface area contributed by atoms with E-state index in [4.69, 9.17) is 0 Å². The maximum Gasteiger partial charge on any atom is 0.324 e. The first kappa shape index (κ1) is 21.1. The molecular weight excluding hydrogens is 418 g/mol. The number of fused-ring (bicyclic) bond motifs is 1. The molecule has 31 heavy (non-hydrogen) atoms. The maximum atomic E-state index is 12.4. The van der Waals surface area contributed by atoms with E-state index < -0.39 is 16.4 Å². The summed E-state index contributed by atoms with van der Waals surface area (Å²) in [5.74, 6) is -0.585. The number of aliphatic carboxylic acids is 1. The molecule has 0 amide bonds. The molecule has 4 rings (SSSR count). The van der Waals surface area contributed by atoms with Crippen LogP contribution in [0.4, 0.5) is 11.6 Å². The first-order chi connectivity index (χ1) is 14.8. The van der Waals surface area contributed by atoms with Crippen molar-refractivity contribution in [2.24, 2.45) is 5.92 Å². The highest BCUT2D eigenvalue weighted by Gasteiger charge is 2.50. The minimum absolute atomic E-state index is 0.0129. The van der Waals surface area contributed by atoms with Gasteiger partial charge in [0.1, 0.15) is 10.4 Å². The van der Waals surface area contributed by atoms with Gasteiger partial charge in [0.15, 0.2) is 0 Å². The lowest BCUT2D eigenvalue weighted by atomic mass is 9.74. The van der Waals surface area contributed by atoms with E-state index in [9.17, 15) is 20.0 Å². The molecule has 1 aromatic carbocycles. The first-order valence-corrected chi connectivity index (χ1v) is 10.9. The maximum absolute atomic E-state index is 12.4. The fourth-order valence-electron chi connectivity index (χ4n) is 4.24. The number of rotatable bonds is 6. The molecule has 1 fully saturated rings. The van der Waals surface area contributed by atoms with Crippen molar-refractivity contribution in [3.63, 3.8) is 0 Å². The van der Waals surface area contributed by atoms with Gasteiger partial charge >= 0.3 is 5.97 Å². The van der Waals surface area contributed by atoms with Gasteiger partial charge in [-0.15, -0.1) is 11.3 Å². The number of aromatic nitrogens is 2. The quantitative estimate of drug-likeness (QED) is 0.441. The highest BCUT2D eigenvalue weighted by atomic mass is 32.1. The van der Waals surface area contributed by atoms with E-state index in [1.165, 1.54) is 12.1 Å². The Morgan fingerprint density at radius 2 is 2.23 bits per heavy atom. The van der Waals surface area contributed by atoms with Crippen LogP contribution >= 0.6 is 11.3 Å². The number of piperidine rings is 1. The van der Waals surface area contributed by atoms with Crippen molar-refractivity contribution in [3.05, 3.63) is 57.6 Å². The van der Waals surface area contributed by atoms with Crippen LogP contribution in [0.25, 0.3) is 10.2 Å². The van der Waals surface area contributed by atoms with E-state index in [-0.39, 0.29) is 24.2 Å². The van der Waals surface area contributed by atoms with Crippen LogP contribution in [0.3, 0.4) is 0 Å². The average Bonchev–Trinajstić information content (AvgIpc) is 3.23. The molecule has 9 nitrogen and oxygen atoms in total. The molecular formula is C21H23N5O4S. The molecule has 1 saturated heterocycles. The highest BCUT2D eigenvalue weighted by Crippen LogP contribution is 2.35. The van der Waals surface area contributed by atoms with Crippen LogP contribution in [0.15, 0.2) is 41.9 Å². The van der Waals surface area contributed by atoms with E-state index in [2.05, 4.69) is 20.2 Å². The van der Waals surface area contributed by atoms with Gasteiger partial charge in [-0.2, -0.15) is 0 Å². The zero-order chi connectivity index (χ0) is 22.2. The van der Waals surface area contributed by atoms with Gasteiger partial charge in [-0.05, 0) is 30.4 Å². The molecule has 0 aliphatic carbocycles. The van der Waals surface area contributed by atoms with E-state index >= 15 is 0 Å². The average molecular weight is 442 g/mol. The van der Waals surface area contributed by atoms with Crippen molar-refractivity contribution in [3.8, 4) is 0 Å². The molecule has 10 heteroatoms. The van der Waals surface area contributed by atoms with Gasteiger partial charge in [0, 0.05) is 48.8 Å². The first-order valence-electron chi connectivity index (χ1n) is 10.0. The number of hydrogen-bond donors (Lipinski definition) is 2. The second kappa shape index (κ2) is 8.20. The molecule has 1 aliphatic rings. The molecule has 2 N–H and O–H groups in total. The van der Waals surface area contributed by atoms with Gasteiger partial charge in [0.25, 0.3) is 5.69 Å². The van der Waals surface area contributed by atoms with Crippen LogP contribution in [-0.4, -0.2) is 44.1 Å². The normalized spacial score (nSPS) is 23.7. The predicted octanol–water partition coefficient (Wildman–Crippen LogP) is 3.45. The lowest BCUT2D eigenvalue weighted by Crippen LogP contribution is -2.66. The van der Waals surface area contributed by atoms with E-state index in [0.29, 0.717) is 24.5 Å². The minimum Gasteiger partial charge on any atom is -0.480 e. The molecule has 162 valence electrons.